The van der Waals surface area contributed by atoms with Gasteiger partial charge >= 0.3 is 0 Å². The minimum absolute atomic E-state index is 0.254. The maximum Gasteiger partial charge on any atom is 0.252 e. The van der Waals surface area contributed by atoms with Crippen LogP contribution in [0, 0.1) is 6.92 Å². The van der Waals surface area contributed by atoms with Gasteiger partial charge in [0.05, 0.1) is 12.2 Å². The molecule has 0 radical (unpaired) electrons. The van der Waals surface area contributed by atoms with Gasteiger partial charge in [0.1, 0.15) is 36.6 Å². The number of rotatable bonds is 5. The lowest BCUT2D eigenvalue weighted by Crippen LogP contribution is -2.59. The summed E-state index contributed by atoms with van der Waals surface area (Å²) in [6.45, 7) is 1.20. The highest BCUT2D eigenvalue weighted by molar-refractivity contribution is 5.94. The number of carbonyl (C=O) groups excluding carboxylic acids is 1. The van der Waals surface area contributed by atoms with Crippen molar-refractivity contribution in [1.29, 1.82) is 0 Å². The molecule has 1 saturated heterocycles. The second-order valence-corrected chi connectivity index (χ2v) is 7.35. The van der Waals surface area contributed by atoms with Crippen LogP contribution in [0.2, 0.25) is 0 Å². The molecule has 3 unspecified atom stereocenters. The summed E-state index contributed by atoms with van der Waals surface area (Å²) in [7, 11) is 1.54. The Hall–Kier alpha value is -2.40. The minimum atomic E-state index is -1.56. The number of aromatic nitrogens is 1. The van der Waals surface area contributed by atoms with Gasteiger partial charge in [-0.2, -0.15) is 0 Å². The molecule has 162 valence electrons. The van der Waals surface area contributed by atoms with Crippen LogP contribution in [0.3, 0.4) is 0 Å². The molecule has 9 heteroatoms. The van der Waals surface area contributed by atoms with Crippen molar-refractivity contribution < 1.29 is 35.1 Å². The number of aryl methyl sites for hydroxylation is 1. The summed E-state index contributed by atoms with van der Waals surface area (Å²) in [6, 6.07) is 6.89. The van der Waals surface area contributed by atoms with Crippen LogP contribution in [-0.2, 0) is 4.74 Å². The maximum absolute atomic E-state index is 11.8. The molecule has 0 spiro atoms. The second kappa shape index (κ2) is 9.17. The maximum atomic E-state index is 11.8. The number of hydrogen-bond donors (Lipinski definition) is 6. The monoisotopic (exact) mass is 418 g/mol. The highest BCUT2D eigenvalue weighted by atomic mass is 16.6. The van der Waals surface area contributed by atoms with Crippen molar-refractivity contribution in [2.75, 3.05) is 13.7 Å². The van der Waals surface area contributed by atoms with E-state index >= 15 is 0 Å². The van der Waals surface area contributed by atoms with Crippen LogP contribution < -0.4 is 5.32 Å². The van der Waals surface area contributed by atoms with E-state index in [2.05, 4.69) is 10.3 Å². The van der Waals surface area contributed by atoms with Crippen LogP contribution in [0.4, 0.5) is 0 Å². The molecule has 2 aromatic rings. The van der Waals surface area contributed by atoms with E-state index in [1.807, 2.05) is 0 Å². The third kappa shape index (κ3) is 4.22. The molecule has 1 fully saturated rings. The fourth-order valence-electron chi connectivity index (χ4n) is 3.62. The zero-order valence-corrected chi connectivity index (χ0v) is 16.6. The number of amides is 1. The van der Waals surface area contributed by atoms with Gasteiger partial charge in [0, 0.05) is 25.0 Å². The van der Waals surface area contributed by atoms with Crippen molar-refractivity contribution in [2.24, 2.45) is 0 Å². The Labute approximate surface area is 173 Å². The topological polar surface area (TPSA) is 152 Å². The van der Waals surface area contributed by atoms with E-state index in [0.29, 0.717) is 22.3 Å². The number of nitrogens with zero attached hydrogens (tertiary/aromatic N) is 1. The lowest BCUT2D eigenvalue weighted by molar-refractivity contribution is -0.250. The molecule has 1 aliphatic heterocycles. The number of pyridine rings is 1. The van der Waals surface area contributed by atoms with Crippen LogP contribution in [0.25, 0.3) is 11.1 Å². The average molecular weight is 418 g/mol. The smallest absolute Gasteiger partial charge is 0.252 e. The van der Waals surface area contributed by atoms with Gasteiger partial charge in [0.15, 0.2) is 0 Å². The number of ether oxygens (including phenoxy) is 1. The summed E-state index contributed by atoms with van der Waals surface area (Å²) in [6.07, 6.45) is -5.14. The van der Waals surface area contributed by atoms with Gasteiger partial charge in [-0.1, -0.05) is 18.2 Å². The molecular weight excluding hydrogens is 392 g/mol. The van der Waals surface area contributed by atoms with Crippen molar-refractivity contribution >= 4 is 5.91 Å². The standard InChI is InChI=1S/C21H26N2O7/c1-10-5-11(12-6-13(8-23-7-12)21(29)22-2)3-4-14(10)16(25)20-19(28)18(27)17(26)15(9-24)30-20/h3-8,15-20,24-28H,9H2,1-2H3,(H,22,29)/t15?,16-,17-,18?,19?,20-/m1/s1. The van der Waals surface area contributed by atoms with Gasteiger partial charge in [0.25, 0.3) is 5.91 Å². The quantitative estimate of drug-likeness (QED) is 0.373. The van der Waals surface area contributed by atoms with Crippen molar-refractivity contribution in [2.45, 2.75) is 43.5 Å². The number of aliphatic hydroxyl groups excluding tert-OH is 5. The van der Waals surface area contributed by atoms with Crippen molar-refractivity contribution in [3.63, 3.8) is 0 Å². The van der Waals surface area contributed by atoms with E-state index in [4.69, 9.17) is 4.74 Å². The first-order valence-electron chi connectivity index (χ1n) is 9.55. The SMILES string of the molecule is CNC(=O)c1cncc(-c2ccc([C@@H](O)[C@H]3OC(CO)[C@@H](O)C(O)C3O)c(C)c2)c1. The molecule has 1 aromatic carbocycles. The molecule has 6 atom stereocenters. The number of aliphatic hydroxyl groups is 5. The summed E-state index contributed by atoms with van der Waals surface area (Å²) in [5.74, 6) is -0.254. The molecule has 3 rings (SSSR count). The first kappa shape index (κ1) is 22.3. The predicted octanol–water partition coefficient (Wildman–Crippen LogP) is -0.708. The molecule has 9 nitrogen and oxygen atoms in total. The fourth-order valence-corrected chi connectivity index (χ4v) is 3.62. The molecule has 2 heterocycles. The van der Waals surface area contributed by atoms with Crippen molar-refractivity contribution in [3.8, 4) is 11.1 Å². The summed E-state index contributed by atoms with van der Waals surface area (Å²) >= 11 is 0. The molecule has 0 saturated carbocycles. The van der Waals surface area contributed by atoms with Gasteiger partial charge in [-0.3, -0.25) is 9.78 Å². The largest absolute Gasteiger partial charge is 0.394 e. The highest BCUT2D eigenvalue weighted by Gasteiger charge is 2.46. The molecule has 0 aliphatic carbocycles. The Bertz CT molecular complexity index is 905. The van der Waals surface area contributed by atoms with E-state index in [1.54, 1.807) is 37.4 Å². The Balaban J connectivity index is 1.87. The molecular formula is C21H26N2O7. The average Bonchev–Trinajstić information content (AvgIpc) is 2.76. The lowest BCUT2D eigenvalue weighted by Gasteiger charge is -2.42. The summed E-state index contributed by atoms with van der Waals surface area (Å²) in [5, 5.41) is 52.8. The van der Waals surface area contributed by atoms with Gasteiger partial charge in [0.2, 0.25) is 0 Å². The fraction of sp³-hybridized carbons (Fsp3) is 0.429. The zero-order valence-electron chi connectivity index (χ0n) is 16.6. The number of hydrogen-bond acceptors (Lipinski definition) is 8. The van der Waals surface area contributed by atoms with Gasteiger partial charge in [-0.15, -0.1) is 0 Å². The lowest BCUT2D eigenvalue weighted by atomic mass is 9.88. The van der Waals surface area contributed by atoms with E-state index < -0.39 is 43.2 Å². The predicted molar refractivity (Wildman–Crippen MR) is 107 cm³/mol. The Morgan fingerprint density at radius 3 is 2.50 bits per heavy atom. The number of benzene rings is 1. The van der Waals surface area contributed by atoms with Crippen LogP contribution in [0.5, 0.6) is 0 Å². The van der Waals surface area contributed by atoms with E-state index in [0.717, 1.165) is 5.56 Å². The minimum Gasteiger partial charge on any atom is -0.394 e. The van der Waals surface area contributed by atoms with E-state index in [1.165, 1.54) is 13.2 Å². The first-order chi connectivity index (χ1) is 14.3. The van der Waals surface area contributed by atoms with Crippen molar-refractivity contribution in [1.82, 2.24) is 10.3 Å². The third-order valence-corrected chi connectivity index (χ3v) is 5.39. The zero-order chi connectivity index (χ0) is 22.0. The molecule has 0 bridgehead atoms. The van der Waals surface area contributed by atoms with Crippen molar-refractivity contribution in [3.05, 3.63) is 53.3 Å². The number of nitrogens with one attached hydrogen (secondary N) is 1. The number of carbonyl (C=O) groups is 1. The van der Waals surface area contributed by atoms with Crippen LogP contribution >= 0.6 is 0 Å². The van der Waals surface area contributed by atoms with E-state index in [9.17, 15) is 30.3 Å². The molecule has 1 aromatic heterocycles. The molecule has 1 aliphatic rings. The van der Waals surface area contributed by atoms with Crippen LogP contribution in [0.1, 0.15) is 27.6 Å². The molecule has 1 amide bonds. The second-order valence-electron chi connectivity index (χ2n) is 7.35. The Morgan fingerprint density at radius 2 is 1.87 bits per heavy atom. The molecule has 30 heavy (non-hydrogen) atoms. The Morgan fingerprint density at radius 1 is 1.13 bits per heavy atom. The van der Waals surface area contributed by atoms with Gasteiger partial charge in [-0.05, 0) is 29.7 Å². The third-order valence-electron chi connectivity index (χ3n) is 5.39. The van der Waals surface area contributed by atoms with Gasteiger partial charge < -0.3 is 35.6 Å². The van der Waals surface area contributed by atoms with Gasteiger partial charge in [-0.25, -0.2) is 0 Å². The molecule has 6 N–H and O–H groups in total. The van der Waals surface area contributed by atoms with E-state index in [-0.39, 0.29) is 5.91 Å². The normalized spacial score (nSPS) is 27.5. The van der Waals surface area contributed by atoms with Crippen LogP contribution in [-0.4, -0.2) is 80.6 Å². The summed E-state index contributed by atoms with van der Waals surface area (Å²) in [5.41, 5.74) is 3.04. The van der Waals surface area contributed by atoms with Crippen LogP contribution in [0.15, 0.2) is 36.7 Å². The Kier molecular flexibility index (Phi) is 6.81. The highest BCUT2D eigenvalue weighted by Crippen LogP contribution is 2.33. The first-order valence-corrected chi connectivity index (χ1v) is 9.55. The summed E-state index contributed by atoms with van der Waals surface area (Å²) < 4.78 is 5.46. The summed E-state index contributed by atoms with van der Waals surface area (Å²) in [4.78, 5) is 15.9.